The van der Waals surface area contributed by atoms with Gasteiger partial charge >= 0.3 is 17.9 Å². The van der Waals surface area contributed by atoms with E-state index < -0.39 is 36.2 Å². The lowest BCUT2D eigenvalue weighted by Gasteiger charge is -2.15. The number of hydroxylamine groups is 2. The number of hydrogen-bond acceptors (Lipinski definition) is 12. The maximum absolute atomic E-state index is 11.6. The summed E-state index contributed by atoms with van der Waals surface area (Å²) in [6, 6.07) is 10.4. The van der Waals surface area contributed by atoms with Crippen LogP contribution in [0.5, 0.6) is 11.5 Å². The van der Waals surface area contributed by atoms with Crippen LogP contribution < -0.4 is 17.2 Å². The first-order valence-corrected chi connectivity index (χ1v) is 10.4. The Hall–Kier alpha value is -3.59. The minimum atomic E-state index is -1.34. The summed E-state index contributed by atoms with van der Waals surface area (Å²) in [6.45, 7) is 0. The molecule has 0 aliphatic carbocycles. The van der Waals surface area contributed by atoms with Crippen LogP contribution in [-0.2, 0) is 32.0 Å². The number of carboxylic acid groups (broad SMARTS) is 1. The Morgan fingerprint density at radius 1 is 0.886 bits per heavy atom. The molecule has 0 amide bonds. The van der Waals surface area contributed by atoms with Gasteiger partial charge in [-0.3, -0.25) is 20.0 Å². The first kappa shape index (κ1) is 29.4. The van der Waals surface area contributed by atoms with Gasteiger partial charge in [-0.05, 0) is 36.1 Å². The Morgan fingerprint density at radius 2 is 1.51 bits per heavy atom. The second-order valence-corrected chi connectivity index (χ2v) is 7.49. The molecule has 0 fully saturated rings. The van der Waals surface area contributed by atoms with Gasteiger partial charge in [0.15, 0.2) is 17.5 Å². The topological polar surface area (TPSA) is 243 Å². The van der Waals surface area contributed by atoms with E-state index in [0.717, 1.165) is 5.56 Å². The predicted molar refractivity (Wildman–Crippen MR) is 121 cm³/mol. The van der Waals surface area contributed by atoms with Crippen molar-refractivity contribution in [3.63, 3.8) is 0 Å². The highest BCUT2D eigenvalue weighted by molar-refractivity contribution is 5.88. The third-order valence-corrected chi connectivity index (χ3v) is 4.53. The van der Waals surface area contributed by atoms with Gasteiger partial charge in [0, 0.05) is 12.8 Å². The van der Waals surface area contributed by atoms with Crippen molar-refractivity contribution in [1.82, 2.24) is 5.23 Å². The quantitative estimate of drug-likeness (QED) is 0.0703. The fourth-order valence-electron chi connectivity index (χ4n) is 2.66. The molecule has 0 saturated heterocycles. The number of phenolic OH excluding ortho intramolecular Hbond substituents is 2. The maximum Gasteiger partial charge on any atom is 0.330 e. The van der Waals surface area contributed by atoms with Gasteiger partial charge in [-0.15, -0.1) is 0 Å². The number of aromatic hydroxyl groups is 2. The molecule has 0 heterocycles. The van der Waals surface area contributed by atoms with Crippen molar-refractivity contribution in [2.75, 3.05) is 0 Å². The van der Waals surface area contributed by atoms with Crippen LogP contribution >= 0.6 is 0 Å². The molecule has 2 rings (SSSR count). The molecular weight excluding hydrogens is 464 g/mol. The SMILES string of the molecule is NC(N)CCC(=O)OC(=O)[C@@H](N)Cc1ccc(O)c(O)c1.O=C(O)[C@H](Cc1ccccc1)N(O)O. The molecule has 2 aromatic rings. The maximum atomic E-state index is 11.6. The lowest BCUT2D eigenvalue weighted by molar-refractivity contribution is -0.327. The summed E-state index contributed by atoms with van der Waals surface area (Å²) in [4.78, 5) is 33.5. The van der Waals surface area contributed by atoms with E-state index >= 15 is 0 Å². The molecule has 192 valence electrons. The molecule has 13 nitrogen and oxygen atoms in total. The van der Waals surface area contributed by atoms with E-state index in [9.17, 15) is 24.6 Å². The summed E-state index contributed by atoms with van der Waals surface area (Å²) in [5.41, 5.74) is 17.4. The summed E-state index contributed by atoms with van der Waals surface area (Å²) in [5, 5.41) is 44.2. The molecule has 0 radical (unpaired) electrons. The van der Waals surface area contributed by atoms with Crippen molar-refractivity contribution in [3.05, 3.63) is 59.7 Å². The van der Waals surface area contributed by atoms with Gasteiger partial charge in [0.05, 0.1) is 6.17 Å². The summed E-state index contributed by atoms with van der Waals surface area (Å²) >= 11 is 0. The standard InChI is InChI=1S/C13H19N3O5.C9H11NO4/c14-8(5-7-1-2-9(17)10(18)6-7)13(20)21-12(19)4-3-11(15)16;11-9(12)8(10(13)14)6-7-4-2-1-3-5-7/h1-2,6,8,11,17-18H,3-5,14-16H2;1-5,8,13-14H,6H2,(H,11,12)/t2*8-/m00/s1. The average Bonchev–Trinajstić information content (AvgIpc) is 2.79. The summed E-state index contributed by atoms with van der Waals surface area (Å²) in [7, 11) is 0. The summed E-state index contributed by atoms with van der Waals surface area (Å²) < 4.78 is 4.56. The molecule has 0 aromatic heterocycles. The third-order valence-electron chi connectivity index (χ3n) is 4.53. The Morgan fingerprint density at radius 3 is 2.03 bits per heavy atom. The molecule has 11 N–H and O–H groups in total. The van der Waals surface area contributed by atoms with E-state index in [0.29, 0.717) is 5.56 Å². The zero-order valence-corrected chi connectivity index (χ0v) is 18.7. The fourth-order valence-corrected chi connectivity index (χ4v) is 2.66. The van der Waals surface area contributed by atoms with Crippen molar-refractivity contribution in [1.29, 1.82) is 0 Å². The van der Waals surface area contributed by atoms with Crippen molar-refractivity contribution in [2.45, 2.75) is 43.9 Å². The van der Waals surface area contributed by atoms with Crippen LogP contribution in [0.2, 0.25) is 0 Å². The number of aliphatic carboxylic acids is 1. The largest absolute Gasteiger partial charge is 0.504 e. The number of nitrogens with zero attached hydrogens (tertiary/aromatic N) is 1. The first-order valence-electron chi connectivity index (χ1n) is 10.4. The lowest BCUT2D eigenvalue weighted by atomic mass is 10.1. The second kappa shape index (κ2) is 14.6. The molecule has 13 heteroatoms. The molecule has 0 bridgehead atoms. The monoisotopic (exact) mass is 494 g/mol. The number of phenols is 2. The van der Waals surface area contributed by atoms with E-state index in [-0.39, 0.29) is 42.4 Å². The highest BCUT2D eigenvalue weighted by Crippen LogP contribution is 2.25. The molecular formula is C22H30N4O9. The van der Waals surface area contributed by atoms with Crippen LogP contribution in [0.3, 0.4) is 0 Å². The predicted octanol–water partition coefficient (Wildman–Crippen LogP) is -0.176. The van der Waals surface area contributed by atoms with E-state index in [2.05, 4.69) is 4.74 Å². The van der Waals surface area contributed by atoms with Crippen LogP contribution in [-0.4, -0.2) is 67.1 Å². The smallest absolute Gasteiger partial charge is 0.330 e. The average molecular weight is 495 g/mol. The van der Waals surface area contributed by atoms with Crippen molar-refractivity contribution < 1.29 is 44.9 Å². The third kappa shape index (κ3) is 11.4. The second-order valence-electron chi connectivity index (χ2n) is 7.49. The van der Waals surface area contributed by atoms with E-state index in [1.165, 1.54) is 18.2 Å². The molecule has 0 unspecified atom stereocenters. The normalized spacial score (nSPS) is 12.4. The van der Waals surface area contributed by atoms with Crippen LogP contribution in [0, 0.1) is 0 Å². The van der Waals surface area contributed by atoms with Crippen LogP contribution in [0.4, 0.5) is 0 Å². The Kier molecular flexibility index (Phi) is 12.3. The highest BCUT2D eigenvalue weighted by Gasteiger charge is 2.23. The van der Waals surface area contributed by atoms with Crippen LogP contribution in [0.25, 0.3) is 0 Å². The number of carbonyl (C=O) groups excluding carboxylic acids is 2. The Bertz CT molecular complexity index is 971. The number of carboxylic acids is 1. The zero-order valence-electron chi connectivity index (χ0n) is 18.7. The van der Waals surface area contributed by atoms with Gasteiger partial charge in [0.25, 0.3) is 0 Å². The molecule has 2 atom stereocenters. The number of nitrogens with two attached hydrogens (primary N) is 3. The number of carbonyl (C=O) groups is 3. The van der Waals surface area contributed by atoms with Gasteiger partial charge in [0.2, 0.25) is 0 Å². The Labute approximate surface area is 200 Å². The summed E-state index contributed by atoms with van der Waals surface area (Å²) in [5.74, 6) is -3.49. The number of rotatable bonds is 10. The lowest BCUT2D eigenvalue weighted by Crippen LogP contribution is -2.38. The Balaban J connectivity index is 0.000000379. The van der Waals surface area contributed by atoms with Gasteiger partial charge in [-0.2, -0.15) is 0 Å². The molecule has 0 aliphatic heterocycles. The van der Waals surface area contributed by atoms with Gasteiger partial charge in [-0.25, -0.2) is 4.79 Å². The number of benzene rings is 2. The number of hydrogen-bond donors (Lipinski definition) is 8. The van der Waals surface area contributed by atoms with Gasteiger partial charge in [0.1, 0.15) is 6.04 Å². The van der Waals surface area contributed by atoms with E-state index in [1.54, 1.807) is 30.3 Å². The molecule has 0 spiro atoms. The minimum absolute atomic E-state index is 0.0448. The summed E-state index contributed by atoms with van der Waals surface area (Å²) in [6.07, 6.45) is -0.427. The molecule has 0 aliphatic rings. The van der Waals surface area contributed by atoms with E-state index in [1.807, 2.05) is 0 Å². The van der Waals surface area contributed by atoms with E-state index in [4.69, 9.17) is 32.7 Å². The molecule has 2 aromatic carbocycles. The number of esters is 2. The number of ether oxygens (including phenoxy) is 1. The van der Waals surface area contributed by atoms with Crippen molar-refractivity contribution in [2.24, 2.45) is 17.2 Å². The molecule has 0 saturated carbocycles. The van der Waals surface area contributed by atoms with Gasteiger partial charge in [-0.1, -0.05) is 41.6 Å². The van der Waals surface area contributed by atoms with Crippen LogP contribution in [0.1, 0.15) is 24.0 Å². The first-order chi connectivity index (χ1) is 16.4. The zero-order chi connectivity index (χ0) is 26.5. The van der Waals surface area contributed by atoms with Crippen LogP contribution in [0.15, 0.2) is 48.5 Å². The molecule has 35 heavy (non-hydrogen) atoms. The fraction of sp³-hybridized carbons (Fsp3) is 0.318. The van der Waals surface area contributed by atoms with Gasteiger partial charge < -0.3 is 37.3 Å². The van der Waals surface area contributed by atoms with Crippen molar-refractivity contribution in [3.8, 4) is 11.5 Å². The minimum Gasteiger partial charge on any atom is -0.504 e. The highest BCUT2D eigenvalue weighted by atomic mass is 16.8. The van der Waals surface area contributed by atoms with Crippen molar-refractivity contribution >= 4 is 17.9 Å².